The zero-order valence-electron chi connectivity index (χ0n) is 13.6. The molecule has 8 heteroatoms. The van der Waals surface area contributed by atoms with Crippen molar-refractivity contribution >= 4 is 23.7 Å². The van der Waals surface area contributed by atoms with Crippen LogP contribution in [0.3, 0.4) is 0 Å². The maximum atomic E-state index is 11.5. The van der Waals surface area contributed by atoms with Gasteiger partial charge >= 0.3 is 12.0 Å². The second-order valence-corrected chi connectivity index (χ2v) is 4.66. The molecule has 8 nitrogen and oxygen atoms in total. The molecule has 1 aromatic carbocycles. The summed E-state index contributed by atoms with van der Waals surface area (Å²) >= 11 is 0. The first-order valence-electron chi connectivity index (χ1n) is 7.45. The van der Waals surface area contributed by atoms with Crippen molar-refractivity contribution in [3.05, 3.63) is 29.8 Å². The van der Waals surface area contributed by atoms with Crippen LogP contribution in [0.1, 0.15) is 30.6 Å². The van der Waals surface area contributed by atoms with Crippen molar-refractivity contribution in [2.24, 2.45) is 0 Å². The summed E-state index contributed by atoms with van der Waals surface area (Å²) in [6, 6.07) is 5.69. The standard InChI is InChI=1S/C16H20N2O6/c1-3-13(19)11-5-7-12(8-6-11)23-10-15(21)24-9-14(20)18-16(22)17-4-2/h5-8H,3-4,9-10H2,1-2H3,(H2,17,18,20,22). The van der Waals surface area contributed by atoms with Crippen LogP contribution in [0.15, 0.2) is 24.3 Å². The summed E-state index contributed by atoms with van der Waals surface area (Å²) in [4.78, 5) is 45.3. The summed E-state index contributed by atoms with van der Waals surface area (Å²) in [6.07, 6.45) is 0.408. The van der Waals surface area contributed by atoms with Gasteiger partial charge < -0.3 is 14.8 Å². The minimum Gasteiger partial charge on any atom is -0.482 e. The van der Waals surface area contributed by atoms with E-state index in [1.165, 1.54) is 0 Å². The van der Waals surface area contributed by atoms with E-state index >= 15 is 0 Å². The van der Waals surface area contributed by atoms with Crippen molar-refractivity contribution in [3.63, 3.8) is 0 Å². The number of hydrogen-bond acceptors (Lipinski definition) is 6. The summed E-state index contributed by atoms with van der Waals surface area (Å²) in [7, 11) is 0. The van der Waals surface area contributed by atoms with Crippen molar-refractivity contribution in [3.8, 4) is 5.75 Å². The monoisotopic (exact) mass is 336 g/mol. The number of ketones is 1. The third-order valence-corrected chi connectivity index (χ3v) is 2.81. The Bertz CT molecular complexity index is 597. The van der Waals surface area contributed by atoms with Gasteiger partial charge in [0.25, 0.3) is 5.91 Å². The van der Waals surface area contributed by atoms with E-state index < -0.39 is 31.1 Å². The number of esters is 1. The highest BCUT2D eigenvalue weighted by molar-refractivity contribution is 5.96. The number of ether oxygens (including phenoxy) is 2. The van der Waals surface area contributed by atoms with Gasteiger partial charge in [-0.2, -0.15) is 0 Å². The number of urea groups is 1. The third kappa shape index (κ3) is 6.91. The van der Waals surface area contributed by atoms with Crippen LogP contribution in [-0.4, -0.2) is 43.4 Å². The highest BCUT2D eigenvalue weighted by atomic mass is 16.6. The molecule has 0 aromatic heterocycles. The van der Waals surface area contributed by atoms with Gasteiger partial charge in [0.05, 0.1) is 0 Å². The first-order valence-corrected chi connectivity index (χ1v) is 7.45. The van der Waals surface area contributed by atoms with E-state index in [1.54, 1.807) is 38.1 Å². The number of hydrogen-bond donors (Lipinski definition) is 2. The molecule has 0 saturated carbocycles. The molecule has 0 fully saturated rings. The van der Waals surface area contributed by atoms with Crippen molar-refractivity contribution in [1.29, 1.82) is 0 Å². The van der Waals surface area contributed by atoms with Gasteiger partial charge in [-0.15, -0.1) is 0 Å². The number of rotatable bonds is 8. The van der Waals surface area contributed by atoms with Crippen LogP contribution in [0.5, 0.6) is 5.75 Å². The van der Waals surface area contributed by atoms with Gasteiger partial charge in [0, 0.05) is 18.5 Å². The fourth-order valence-electron chi connectivity index (χ4n) is 1.64. The predicted octanol–water partition coefficient (Wildman–Crippen LogP) is 1.05. The lowest BCUT2D eigenvalue weighted by Gasteiger charge is -2.08. The van der Waals surface area contributed by atoms with E-state index in [1.807, 2.05) is 5.32 Å². The number of carbonyl (C=O) groups is 4. The molecule has 24 heavy (non-hydrogen) atoms. The molecule has 0 unspecified atom stereocenters. The van der Waals surface area contributed by atoms with Crippen LogP contribution in [-0.2, 0) is 14.3 Å². The molecule has 130 valence electrons. The zero-order valence-corrected chi connectivity index (χ0v) is 13.6. The van der Waals surface area contributed by atoms with Crippen LogP contribution in [0.2, 0.25) is 0 Å². The Hall–Kier alpha value is -2.90. The lowest BCUT2D eigenvalue weighted by atomic mass is 10.1. The number of Topliss-reactive ketones (excluding diaryl/α,β-unsaturated/α-hetero) is 1. The van der Waals surface area contributed by atoms with Crippen LogP contribution in [0, 0.1) is 0 Å². The molecular formula is C16H20N2O6. The van der Waals surface area contributed by atoms with E-state index in [0.29, 0.717) is 24.3 Å². The van der Waals surface area contributed by atoms with E-state index in [2.05, 4.69) is 10.1 Å². The van der Waals surface area contributed by atoms with Gasteiger partial charge in [0.15, 0.2) is 19.0 Å². The number of nitrogens with one attached hydrogen (secondary N) is 2. The quantitative estimate of drug-likeness (QED) is 0.542. The Morgan fingerprint density at radius 1 is 1.00 bits per heavy atom. The summed E-state index contributed by atoms with van der Waals surface area (Å²) in [5, 5.41) is 4.36. The Labute approximate surface area is 139 Å². The zero-order chi connectivity index (χ0) is 17.9. The van der Waals surface area contributed by atoms with E-state index in [4.69, 9.17) is 4.74 Å². The lowest BCUT2D eigenvalue weighted by molar-refractivity contribution is -0.150. The maximum Gasteiger partial charge on any atom is 0.344 e. The molecule has 0 atom stereocenters. The third-order valence-electron chi connectivity index (χ3n) is 2.81. The number of imide groups is 1. The minimum absolute atomic E-state index is 0.0130. The molecule has 0 radical (unpaired) electrons. The number of carbonyl (C=O) groups excluding carboxylic acids is 4. The van der Waals surface area contributed by atoms with Crippen LogP contribution in [0.4, 0.5) is 4.79 Å². The molecular weight excluding hydrogens is 316 g/mol. The van der Waals surface area contributed by atoms with E-state index in [-0.39, 0.29) is 5.78 Å². The molecule has 0 aliphatic rings. The topological polar surface area (TPSA) is 111 Å². The number of benzene rings is 1. The Balaban J connectivity index is 2.32. The fraction of sp³-hybridized carbons (Fsp3) is 0.375. The molecule has 2 N–H and O–H groups in total. The van der Waals surface area contributed by atoms with Gasteiger partial charge in [-0.1, -0.05) is 6.92 Å². The summed E-state index contributed by atoms with van der Waals surface area (Å²) < 4.78 is 9.87. The largest absolute Gasteiger partial charge is 0.482 e. The molecule has 0 heterocycles. The summed E-state index contributed by atoms with van der Waals surface area (Å²) in [5.74, 6) is -1.09. The molecule has 0 bridgehead atoms. The Morgan fingerprint density at radius 2 is 1.67 bits per heavy atom. The van der Waals surface area contributed by atoms with Gasteiger partial charge in [0.1, 0.15) is 5.75 Å². The van der Waals surface area contributed by atoms with Crippen LogP contribution >= 0.6 is 0 Å². The van der Waals surface area contributed by atoms with Crippen LogP contribution < -0.4 is 15.4 Å². The molecule has 1 aromatic rings. The predicted molar refractivity (Wildman–Crippen MR) is 84.7 cm³/mol. The van der Waals surface area contributed by atoms with Crippen LogP contribution in [0.25, 0.3) is 0 Å². The fourth-order valence-corrected chi connectivity index (χ4v) is 1.64. The second-order valence-electron chi connectivity index (χ2n) is 4.66. The van der Waals surface area contributed by atoms with Gasteiger partial charge in [-0.25, -0.2) is 9.59 Å². The lowest BCUT2D eigenvalue weighted by Crippen LogP contribution is -2.41. The molecule has 0 aliphatic heterocycles. The highest BCUT2D eigenvalue weighted by Crippen LogP contribution is 2.13. The summed E-state index contributed by atoms with van der Waals surface area (Å²) in [5.41, 5.74) is 0.564. The van der Waals surface area contributed by atoms with E-state index in [0.717, 1.165) is 0 Å². The number of amides is 3. The first-order chi connectivity index (χ1) is 11.5. The SMILES string of the molecule is CCNC(=O)NC(=O)COC(=O)COc1ccc(C(=O)CC)cc1. The minimum atomic E-state index is -0.755. The Kier molecular flexibility index (Phi) is 7.97. The molecule has 3 amide bonds. The van der Waals surface area contributed by atoms with Gasteiger partial charge in [-0.05, 0) is 31.2 Å². The maximum absolute atomic E-state index is 11.5. The van der Waals surface area contributed by atoms with Crippen molar-refractivity contribution in [2.45, 2.75) is 20.3 Å². The van der Waals surface area contributed by atoms with E-state index in [9.17, 15) is 19.2 Å². The average Bonchev–Trinajstić information content (AvgIpc) is 2.58. The van der Waals surface area contributed by atoms with Gasteiger partial charge in [0.2, 0.25) is 0 Å². The first kappa shape index (κ1) is 19.1. The summed E-state index contributed by atoms with van der Waals surface area (Å²) in [6.45, 7) is 2.87. The average molecular weight is 336 g/mol. The smallest absolute Gasteiger partial charge is 0.344 e. The molecule has 0 spiro atoms. The van der Waals surface area contributed by atoms with Gasteiger partial charge in [-0.3, -0.25) is 14.9 Å². The van der Waals surface area contributed by atoms with Crippen molar-refractivity contribution in [2.75, 3.05) is 19.8 Å². The van der Waals surface area contributed by atoms with Crippen molar-refractivity contribution < 1.29 is 28.7 Å². The Morgan fingerprint density at radius 3 is 2.25 bits per heavy atom. The normalized spacial score (nSPS) is 9.75. The van der Waals surface area contributed by atoms with Crippen molar-refractivity contribution in [1.82, 2.24) is 10.6 Å². The molecule has 1 rings (SSSR count). The highest BCUT2D eigenvalue weighted by Gasteiger charge is 2.11. The molecule has 0 saturated heterocycles. The molecule has 0 aliphatic carbocycles. The second kappa shape index (κ2) is 9.98.